The molecule has 4 heteroatoms. The van der Waals surface area contributed by atoms with Crippen molar-refractivity contribution >= 4 is 21.9 Å². The van der Waals surface area contributed by atoms with Gasteiger partial charge >= 0.3 is 5.97 Å². The van der Waals surface area contributed by atoms with Gasteiger partial charge in [-0.05, 0) is 25.0 Å². The third-order valence-corrected chi connectivity index (χ3v) is 3.59. The molecule has 0 aromatic heterocycles. The lowest BCUT2D eigenvalue weighted by atomic mass is 9.64. The van der Waals surface area contributed by atoms with E-state index in [4.69, 9.17) is 0 Å². The number of carboxylic acids is 1. The van der Waals surface area contributed by atoms with Crippen LogP contribution < -0.4 is 0 Å². The number of benzene rings is 1. The molecule has 0 saturated heterocycles. The van der Waals surface area contributed by atoms with Gasteiger partial charge in [-0.1, -0.05) is 28.4 Å². The fourth-order valence-electron chi connectivity index (χ4n) is 2.04. The van der Waals surface area contributed by atoms with E-state index in [2.05, 4.69) is 15.9 Å². The minimum Gasteiger partial charge on any atom is -0.508 e. The molecule has 1 aliphatic carbocycles. The first kappa shape index (κ1) is 10.5. The molecule has 0 heterocycles. The van der Waals surface area contributed by atoms with E-state index in [0.717, 1.165) is 10.9 Å². The molecule has 2 rings (SSSR count). The van der Waals surface area contributed by atoms with E-state index >= 15 is 0 Å². The van der Waals surface area contributed by atoms with E-state index < -0.39 is 11.4 Å². The summed E-state index contributed by atoms with van der Waals surface area (Å²) in [4.78, 5) is 11.2. The molecule has 0 spiro atoms. The summed E-state index contributed by atoms with van der Waals surface area (Å²) in [6, 6.07) is 4.99. The van der Waals surface area contributed by atoms with Gasteiger partial charge in [0.2, 0.25) is 0 Å². The van der Waals surface area contributed by atoms with Crippen LogP contribution in [0.4, 0.5) is 0 Å². The molecule has 80 valence electrons. The Morgan fingerprint density at radius 3 is 2.47 bits per heavy atom. The number of phenols is 1. The second-order valence-corrected chi connectivity index (χ2v) is 4.82. The molecule has 0 amide bonds. The lowest BCUT2D eigenvalue weighted by molar-refractivity contribution is -0.147. The average molecular weight is 271 g/mol. The molecule has 1 saturated carbocycles. The molecule has 1 aromatic carbocycles. The number of aliphatic carboxylic acids is 1. The molecule has 0 bridgehead atoms. The van der Waals surface area contributed by atoms with Crippen molar-refractivity contribution in [3.63, 3.8) is 0 Å². The van der Waals surface area contributed by atoms with Crippen molar-refractivity contribution < 1.29 is 15.0 Å². The van der Waals surface area contributed by atoms with E-state index in [1.165, 1.54) is 0 Å². The monoisotopic (exact) mass is 270 g/mol. The standard InChI is InChI=1S/C11H11BrO3/c12-7-2-3-8(9(13)6-7)11(10(14)15)4-1-5-11/h2-3,6,13H,1,4-5H2,(H,14,15). The van der Waals surface area contributed by atoms with Gasteiger partial charge in [-0.3, -0.25) is 4.79 Å². The smallest absolute Gasteiger partial charge is 0.314 e. The molecular weight excluding hydrogens is 260 g/mol. The highest BCUT2D eigenvalue weighted by Gasteiger charge is 2.47. The lowest BCUT2D eigenvalue weighted by Crippen LogP contribution is -2.42. The third kappa shape index (κ3) is 1.53. The number of carboxylic acid groups (broad SMARTS) is 1. The molecular formula is C11H11BrO3. The van der Waals surface area contributed by atoms with Gasteiger partial charge in [-0.2, -0.15) is 0 Å². The summed E-state index contributed by atoms with van der Waals surface area (Å²) in [7, 11) is 0. The summed E-state index contributed by atoms with van der Waals surface area (Å²) in [6.45, 7) is 0. The van der Waals surface area contributed by atoms with Crippen LogP contribution in [-0.4, -0.2) is 16.2 Å². The number of carbonyl (C=O) groups is 1. The summed E-state index contributed by atoms with van der Waals surface area (Å²) in [5.41, 5.74) is -0.324. The summed E-state index contributed by atoms with van der Waals surface area (Å²) < 4.78 is 0.753. The Balaban J connectivity index is 2.48. The minimum absolute atomic E-state index is 0.0616. The topological polar surface area (TPSA) is 57.5 Å². The van der Waals surface area contributed by atoms with Crippen LogP contribution in [0.5, 0.6) is 5.75 Å². The zero-order valence-electron chi connectivity index (χ0n) is 8.03. The van der Waals surface area contributed by atoms with Crippen molar-refractivity contribution in [2.24, 2.45) is 0 Å². The molecule has 2 N–H and O–H groups in total. The summed E-state index contributed by atoms with van der Waals surface area (Å²) in [5, 5.41) is 19.0. The summed E-state index contributed by atoms with van der Waals surface area (Å²) in [5.74, 6) is -0.780. The van der Waals surface area contributed by atoms with Gasteiger partial charge < -0.3 is 10.2 Å². The maximum atomic E-state index is 11.2. The predicted molar refractivity (Wildman–Crippen MR) is 59.0 cm³/mol. The summed E-state index contributed by atoms with van der Waals surface area (Å²) >= 11 is 3.23. The van der Waals surface area contributed by atoms with Gasteiger partial charge in [-0.25, -0.2) is 0 Å². The number of rotatable bonds is 2. The predicted octanol–water partition coefficient (Wildman–Crippen LogP) is 2.66. The van der Waals surface area contributed by atoms with E-state index in [-0.39, 0.29) is 5.75 Å². The van der Waals surface area contributed by atoms with Gasteiger partial charge in [0.15, 0.2) is 0 Å². The van der Waals surface area contributed by atoms with Crippen molar-refractivity contribution in [3.8, 4) is 5.75 Å². The average Bonchev–Trinajstić information content (AvgIpc) is 2.05. The molecule has 0 atom stereocenters. The van der Waals surface area contributed by atoms with Crippen molar-refractivity contribution in [3.05, 3.63) is 28.2 Å². The van der Waals surface area contributed by atoms with Gasteiger partial charge in [0, 0.05) is 10.0 Å². The highest BCUT2D eigenvalue weighted by atomic mass is 79.9. The van der Waals surface area contributed by atoms with Crippen LogP contribution in [0.1, 0.15) is 24.8 Å². The molecule has 1 aromatic rings. The molecule has 0 unspecified atom stereocenters. The Bertz CT molecular complexity index is 410. The SMILES string of the molecule is O=C(O)C1(c2ccc(Br)cc2O)CCC1. The first-order valence-electron chi connectivity index (χ1n) is 4.79. The van der Waals surface area contributed by atoms with Crippen LogP contribution >= 0.6 is 15.9 Å². The van der Waals surface area contributed by atoms with Crippen molar-refractivity contribution in [2.75, 3.05) is 0 Å². The summed E-state index contributed by atoms with van der Waals surface area (Å²) in [6.07, 6.45) is 2.12. The molecule has 0 radical (unpaired) electrons. The van der Waals surface area contributed by atoms with Crippen LogP contribution in [0.2, 0.25) is 0 Å². The van der Waals surface area contributed by atoms with Gasteiger partial charge in [-0.15, -0.1) is 0 Å². The van der Waals surface area contributed by atoms with Gasteiger partial charge in [0.1, 0.15) is 5.75 Å². The Labute approximate surface area is 95.9 Å². The number of aromatic hydroxyl groups is 1. The normalized spacial score (nSPS) is 18.2. The van der Waals surface area contributed by atoms with Crippen molar-refractivity contribution in [1.29, 1.82) is 0 Å². The van der Waals surface area contributed by atoms with Gasteiger partial charge in [0.25, 0.3) is 0 Å². The highest BCUT2D eigenvalue weighted by molar-refractivity contribution is 9.10. The fourth-order valence-corrected chi connectivity index (χ4v) is 2.39. The maximum absolute atomic E-state index is 11.2. The van der Waals surface area contributed by atoms with Crippen LogP contribution in [0.25, 0.3) is 0 Å². The Hall–Kier alpha value is -1.03. The largest absolute Gasteiger partial charge is 0.508 e. The Morgan fingerprint density at radius 2 is 2.07 bits per heavy atom. The fraction of sp³-hybridized carbons (Fsp3) is 0.364. The van der Waals surface area contributed by atoms with Crippen LogP contribution in [0, 0.1) is 0 Å². The first-order chi connectivity index (χ1) is 7.06. The van der Waals surface area contributed by atoms with Crippen LogP contribution in [-0.2, 0) is 10.2 Å². The number of hydrogen-bond acceptors (Lipinski definition) is 2. The van der Waals surface area contributed by atoms with Crippen LogP contribution in [0.3, 0.4) is 0 Å². The third-order valence-electron chi connectivity index (χ3n) is 3.09. The second-order valence-electron chi connectivity index (χ2n) is 3.90. The van der Waals surface area contributed by atoms with E-state index in [1.807, 2.05) is 0 Å². The van der Waals surface area contributed by atoms with E-state index in [1.54, 1.807) is 18.2 Å². The van der Waals surface area contributed by atoms with Crippen molar-refractivity contribution in [2.45, 2.75) is 24.7 Å². The zero-order valence-corrected chi connectivity index (χ0v) is 9.62. The Morgan fingerprint density at radius 1 is 1.40 bits per heavy atom. The number of hydrogen-bond donors (Lipinski definition) is 2. The molecule has 15 heavy (non-hydrogen) atoms. The highest BCUT2D eigenvalue weighted by Crippen LogP contribution is 2.47. The van der Waals surface area contributed by atoms with E-state index in [0.29, 0.717) is 18.4 Å². The Kier molecular flexibility index (Phi) is 2.46. The number of halogens is 1. The second kappa shape index (κ2) is 3.52. The maximum Gasteiger partial charge on any atom is 0.314 e. The molecule has 1 fully saturated rings. The van der Waals surface area contributed by atoms with E-state index in [9.17, 15) is 15.0 Å². The molecule has 3 nitrogen and oxygen atoms in total. The minimum atomic E-state index is -0.856. The number of phenolic OH excluding ortho intramolecular Hbond substituents is 1. The van der Waals surface area contributed by atoms with Crippen molar-refractivity contribution in [1.82, 2.24) is 0 Å². The van der Waals surface area contributed by atoms with Crippen LogP contribution in [0.15, 0.2) is 22.7 Å². The zero-order chi connectivity index (χ0) is 11.1. The van der Waals surface area contributed by atoms with Gasteiger partial charge in [0.05, 0.1) is 5.41 Å². The quantitative estimate of drug-likeness (QED) is 0.869. The molecule has 0 aliphatic heterocycles. The molecule has 1 aliphatic rings. The lowest BCUT2D eigenvalue weighted by Gasteiger charge is -2.38. The first-order valence-corrected chi connectivity index (χ1v) is 5.58.